The maximum atomic E-state index is 7.52. The van der Waals surface area contributed by atoms with Crippen LogP contribution in [0.4, 0.5) is 5.69 Å². The molecule has 1 aliphatic heterocycles. The fraction of sp³-hybridized carbons (Fsp3) is 0.533. The third kappa shape index (κ3) is 2.50. The van der Waals surface area contributed by atoms with Gasteiger partial charge in [0, 0.05) is 23.8 Å². The van der Waals surface area contributed by atoms with Crippen LogP contribution in [0.5, 0.6) is 0 Å². The first kappa shape index (κ1) is 12.9. The van der Waals surface area contributed by atoms with Crippen LogP contribution in [0.1, 0.15) is 37.8 Å². The van der Waals surface area contributed by atoms with Crippen molar-refractivity contribution >= 4 is 11.5 Å². The van der Waals surface area contributed by atoms with Gasteiger partial charge in [0.15, 0.2) is 0 Å². The Kier molecular flexibility index (Phi) is 3.60. The first-order chi connectivity index (χ1) is 8.49. The van der Waals surface area contributed by atoms with Gasteiger partial charge < -0.3 is 10.6 Å². The van der Waals surface area contributed by atoms with Gasteiger partial charge in [-0.05, 0) is 56.4 Å². The predicted molar refractivity (Wildman–Crippen MR) is 77.4 cm³/mol. The van der Waals surface area contributed by atoms with Crippen LogP contribution in [0.3, 0.4) is 0 Å². The van der Waals surface area contributed by atoms with Crippen LogP contribution in [-0.2, 0) is 0 Å². The smallest absolute Gasteiger partial charge is 0.123 e. The van der Waals surface area contributed by atoms with Crippen LogP contribution < -0.4 is 10.6 Å². The Labute approximate surface area is 109 Å². The van der Waals surface area contributed by atoms with Gasteiger partial charge in [-0.1, -0.05) is 6.92 Å². The fourth-order valence-corrected chi connectivity index (χ4v) is 2.92. The number of nitrogens with two attached hydrogens (primary N) is 1. The van der Waals surface area contributed by atoms with Crippen molar-refractivity contribution < 1.29 is 0 Å². The second-order valence-corrected chi connectivity index (χ2v) is 5.58. The molecule has 0 saturated carbocycles. The Hall–Kier alpha value is -1.51. The number of hydrogen-bond donors (Lipinski definition) is 2. The van der Waals surface area contributed by atoms with Crippen LogP contribution in [0.25, 0.3) is 0 Å². The van der Waals surface area contributed by atoms with Crippen molar-refractivity contribution in [3.05, 3.63) is 29.3 Å². The third-order valence-electron chi connectivity index (χ3n) is 3.97. The highest BCUT2D eigenvalue weighted by Gasteiger charge is 2.23. The molecule has 0 radical (unpaired) electrons. The van der Waals surface area contributed by atoms with Crippen molar-refractivity contribution in [1.29, 1.82) is 5.41 Å². The van der Waals surface area contributed by atoms with Gasteiger partial charge in [-0.2, -0.15) is 0 Å². The molecule has 3 heteroatoms. The molecule has 0 amide bonds. The Balaban J connectivity index is 2.24. The molecule has 3 N–H and O–H groups in total. The number of aryl methyl sites for hydroxylation is 1. The molecule has 98 valence electrons. The first-order valence-corrected chi connectivity index (χ1v) is 6.70. The van der Waals surface area contributed by atoms with Crippen molar-refractivity contribution in [3.63, 3.8) is 0 Å². The van der Waals surface area contributed by atoms with Gasteiger partial charge >= 0.3 is 0 Å². The summed E-state index contributed by atoms with van der Waals surface area (Å²) in [6, 6.07) is 6.81. The molecular formula is C15H23N3. The summed E-state index contributed by atoms with van der Waals surface area (Å²) in [6.07, 6.45) is 2.52. The van der Waals surface area contributed by atoms with E-state index in [1.54, 1.807) is 0 Å². The minimum absolute atomic E-state index is 0.152. The lowest BCUT2D eigenvalue weighted by Crippen LogP contribution is -2.40. The summed E-state index contributed by atoms with van der Waals surface area (Å²) in [5.41, 5.74) is 8.75. The molecular weight excluding hydrogens is 222 g/mol. The second-order valence-electron chi connectivity index (χ2n) is 5.58. The zero-order chi connectivity index (χ0) is 13.3. The summed E-state index contributed by atoms with van der Waals surface area (Å²) in [6.45, 7) is 7.78. The van der Waals surface area contributed by atoms with Gasteiger partial charge in [0.1, 0.15) is 5.84 Å². The average Bonchev–Trinajstić information content (AvgIpc) is 2.28. The maximum Gasteiger partial charge on any atom is 0.123 e. The van der Waals surface area contributed by atoms with Gasteiger partial charge in [-0.25, -0.2) is 0 Å². The highest BCUT2D eigenvalue weighted by Crippen LogP contribution is 2.28. The summed E-state index contributed by atoms with van der Waals surface area (Å²) in [7, 11) is 0. The predicted octanol–water partition coefficient (Wildman–Crippen LogP) is 2.90. The van der Waals surface area contributed by atoms with E-state index in [0.717, 1.165) is 23.6 Å². The first-order valence-electron chi connectivity index (χ1n) is 6.70. The largest absolute Gasteiger partial charge is 0.384 e. The summed E-state index contributed by atoms with van der Waals surface area (Å²) in [5, 5.41) is 7.52. The number of piperidine rings is 1. The molecule has 1 heterocycles. The van der Waals surface area contributed by atoms with Crippen LogP contribution in [-0.4, -0.2) is 18.4 Å². The zero-order valence-corrected chi connectivity index (χ0v) is 11.5. The van der Waals surface area contributed by atoms with Crippen molar-refractivity contribution in [2.45, 2.75) is 39.7 Å². The fourth-order valence-electron chi connectivity index (χ4n) is 2.92. The molecule has 1 aliphatic rings. The minimum atomic E-state index is 0.152. The van der Waals surface area contributed by atoms with E-state index >= 15 is 0 Å². The Morgan fingerprint density at radius 3 is 2.67 bits per heavy atom. The minimum Gasteiger partial charge on any atom is -0.384 e. The van der Waals surface area contributed by atoms with E-state index in [4.69, 9.17) is 11.1 Å². The third-order valence-corrected chi connectivity index (χ3v) is 3.97. The van der Waals surface area contributed by atoms with Crippen LogP contribution in [0.15, 0.2) is 18.2 Å². The molecule has 1 saturated heterocycles. The molecule has 2 rings (SSSR count). The Bertz CT molecular complexity index is 453. The number of nitrogen functional groups attached to an aromatic ring is 1. The zero-order valence-electron chi connectivity index (χ0n) is 11.5. The molecule has 2 unspecified atom stereocenters. The number of amidine groups is 1. The second kappa shape index (κ2) is 5.01. The van der Waals surface area contributed by atoms with Gasteiger partial charge in [-0.3, -0.25) is 5.41 Å². The normalized spacial score (nSPS) is 24.1. The number of hydrogen-bond acceptors (Lipinski definition) is 2. The summed E-state index contributed by atoms with van der Waals surface area (Å²) in [5.74, 6) is 0.980. The topological polar surface area (TPSA) is 53.1 Å². The number of benzene rings is 1. The van der Waals surface area contributed by atoms with Gasteiger partial charge in [-0.15, -0.1) is 0 Å². The maximum absolute atomic E-state index is 7.52. The molecule has 18 heavy (non-hydrogen) atoms. The van der Waals surface area contributed by atoms with Crippen molar-refractivity contribution in [2.75, 3.05) is 11.4 Å². The van der Waals surface area contributed by atoms with Gasteiger partial charge in [0.25, 0.3) is 0 Å². The van der Waals surface area contributed by atoms with E-state index in [-0.39, 0.29) is 5.84 Å². The van der Waals surface area contributed by atoms with Gasteiger partial charge in [0.05, 0.1) is 0 Å². The van der Waals surface area contributed by atoms with E-state index in [1.165, 1.54) is 18.5 Å². The van der Waals surface area contributed by atoms with Crippen molar-refractivity contribution in [3.8, 4) is 0 Å². The summed E-state index contributed by atoms with van der Waals surface area (Å²) in [4.78, 5) is 2.47. The van der Waals surface area contributed by atoms with Crippen molar-refractivity contribution in [1.82, 2.24) is 0 Å². The highest BCUT2D eigenvalue weighted by molar-refractivity contribution is 5.96. The lowest BCUT2D eigenvalue weighted by atomic mass is 9.92. The monoisotopic (exact) mass is 245 g/mol. The highest BCUT2D eigenvalue weighted by atomic mass is 15.2. The number of nitrogens with one attached hydrogen (secondary N) is 1. The molecule has 1 aromatic carbocycles. The van der Waals surface area contributed by atoms with E-state index in [0.29, 0.717) is 6.04 Å². The standard InChI is InChI=1S/C15H23N3/c1-10-6-7-18(12(3)8-10)13-4-5-14(15(16)17)11(2)9-13/h4-5,9-10,12H,6-8H2,1-3H3,(H3,16,17). The summed E-state index contributed by atoms with van der Waals surface area (Å²) < 4.78 is 0. The van der Waals surface area contributed by atoms with Gasteiger partial charge in [0.2, 0.25) is 0 Å². The number of anilines is 1. The van der Waals surface area contributed by atoms with Crippen LogP contribution >= 0.6 is 0 Å². The molecule has 1 fully saturated rings. The molecule has 1 aromatic rings. The molecule has 0 aromatic heterocycles. The average molecular weight is 245 g/mol. The molecule has 0 spiro atoms. The molecule has 0 aliphatic carbocycles. The molecule has 0 bridgehead atoms. The quantitative estimate of drug-likeness (QED) is 0.622. The SMILES string of the molecule is Cc1cc(N2CCC(C)CC2C)ccc1C(=N)N. The van der Waals surface area contributed by atoms with E-state index in [2.05, 4.69) is 30.9 Å². The van der Waals surface area contributed by atoms with Crippen LogP contribution in [0.2, 0.25) is 0 Å². The lowest BCUT2D eigenvalue weighted by molar-refractivity contribution is 0.378. The van der Waals surface area contributed by atoms with E-state index in [9.17, 15) is 0 Å². The van der Waals surface area contributed by atoms with Crippen LogP contribution in [0, 0.1) is 18.3 Å². The van der Waals surface area contributed by atoms with E-state index < -0.39 is 0 Å². The number of rotatable bonds is 2. The molecule has 2 atom stereocenters. The lowest BCUT2D eigenvalue weighted by Gasteiger charge is -2.38. The number of nitrogens with zero attached hydrogens (tertiary/aromatic N) is 1. The molecule has 3 nitrogen and oxygen atoms in total. The Morgan fingerprint density at radius 2 is 2.11 bits per heavy atom. The van der Waals surface area contributed by atoms with Crippen molar-refractivity contribution in [2.24, 2.45) is 11.7 Å². The Morgan fingerprint density at radius 1 is 1.39 bits per heavy atom. The summed E-state index contributed by atoms with van der Waals surface area (Å²) >= 11 is 0. The van der Waals surface area contributed by atoms with E-state index in [1.807, 2.05) is 13.0 Å².